The molecule has 1 aromatic carbocycles. The molecular formula is C20H20N4O2. The monoisotopic (exact) mass is 348 g/mol. The largest absolute Gasteiger partial charge is 0.349 e. The third-order valence-corrected chi connectivity index (χ3v) is 5.41. The molecule has 132 valence electrons. The summed E-state index contributed by atoms with van der Waals surface area (Å²) in [6, 6.07) is 9.92. The first-order chi connectivity index (χ1) is 12.7. The number of imidazole rings is 1. The van der Waals surface area contributed by atoms with E-state index < -0.39 is 0 Å². The maximum atomic E-state index is 12.7. The van der Waals surface area contributed by atoms with Gasteiger partial charge in [0.1, 0.15) is 0 Å². The highest BCUT2D eigenvalue weighted by atomic mass is 16.2. The van der Waals surface area contributed by atoms with Crippen LogP contribution in [0.15, 0.2) is 41.3 Å². The van der Waals surface area contributed by atoms with Gasteiger partial charge in [-0.05, 0) is 61.9 Å². The van der Waals surface area contributed by atoms with E-state index >= 15 is 0 Å². The number of H-pyrrole nitrogens is 1. The van der Waals surface area contributed by atoms with Crippen LogP contribution < -0.4 is 11.0 Å². The molecule has 26 heavy (non-hydrogen) atoms. The fourth-order valence-corrected chi connectivity index (χ4v) is 3.92. The van der Waals surface area contributed by atoms with E-state index in [0.717, 1.165) is 48.8 Å². The molecule has 0 aliphatic heterocycles. The molecule has 6 heteroatoms. The zero-order valence-corrected chi connectivity index (χ0v) is 14.4. The number of carbonyl (C=O) groups excluding carboxylic acids is 1. The van der Waals surface area contributed by atoms with E-state index in [1.807, 2.05) is 29.0 Å². The molecule has 2 aromatic heterocycles. The molecule has 0 bridgehead atoms. The van der Waals surface area contributed by atoms with E-state index in [-0.39, 0.29) is 17.6 Å². The highest BCUT2D eigenvalue weighted by Crippen LogP contribution is 2.35. The molecule has 1 unspecified atom stereocenters. The Morgan fingerprint density at radius 3 is 2.96 bits per heavy atom. The first kappa shape index (κ1) is 15.4. The van der Waals surface area contributed by atoms with Crippen LogP contribution in [0.1, 0.15) is 46.9 Å². The van der Waals surface area contributed by atoms with E-state index in [1.54, 1.807) is 6.07 Å². The maximum absolute atomic E-state index is 12.7. The van der Waals surface area contributed by atoms with Gasteiger partial charge in [0, 0.05) is 29.5 Å². The second kappa shape index (κ2) is 5.83. The first-order valence-corrected chi connectivity index (χ1v) is 9.17. The molecule has 2 aliphatic carbocycles. The number of fused-ring (bicyclic) bond motifs is 2. The molecule has 2 N–H and O–H groups in total. The fraction of sp³-hybridized carbons (Fsp3) is 0.350. The molecule has 2 heterocycles. The van der Waals surface area contributed by atoms with Crippen molar-refractivity contribution in [2.75, 3.05) is 0 Å². The SMILES string of the molecule is O=C(NC1CCc2ncccc2C1)c1ccc2c(c1)[nH]c(=O)n2C1CC1. The van der Waals surface area contributed by atoms with Crippen LogP contribution >= 0.6 is 0 Å². The average molecular weight is 348 g/mol. The van der Waals surface area contributed by atoms with Crippen molar-refractivity contribution in [1.29, 1.82) is 0 Å². The summed E-state index contributed by atoms with van der Waals surface area (Å²) in [7, 11) is 0. The zero-order chi connectivity index (χ0) is 17.7. The van der Waals surface area contributed by atoms with E-state index in [4.69, 9.17) is 0 Å². The minimum Gasteiger partial charge on any atom is -0.349 e. The summed E-state index contributed by atoms with van der Waals surface area (Å²) in [5, 5.41) is 3.13. The van der Waals surface area contributed by atoms with Gasteiger partial charge in [-0.1, -0.05) is 6.07 Å². The molecule has 2 aliphatic rings. The third kappa shape index (κ3) is 2.62. The van der Waals surface area contributed by atoms with Crippen molar-refractivity contribution in [3.05, 3.63) is 63.8 Å². The molecule has 0 saturated heterocycles. The Kier molecular flexibility index (Phi) is 3.45. The van der Waals surface area contributed by atoms with Crippen LogP contribution in [0.25, 0.3) is 11.0 Å². The van der Waals surface area contributed by atoms with Gasteiger partial charge in [0.25, 0.3) is 5.91 Å². The lowest BCUT2D eigenvalue weighted by Crippen LogP contribution is -2.39. The van der Waals surface area contributed by atoms with Crippen molar-refractivity contribution >= 4 is 16.9 Å². The zero-order valence-electron chi connectivity index (χ0n) is 14.4. The number of hydrogen-bond acceptors (Lipinski definition) is 3. The van der Waals surface area contributed by atoms with Gasteiger partial charge in [0.05, 0.1) is 11.0 Å². The van der Waals surface area contributed by atoms with Gasteiger partial charge in [-0.25, -0.2) is 4.79 Å². The second-order valence-corrected chi connectivity index (χ2v) is 7.29. The molecule has 0 spiro atoms. The van der Waals surface area contributed by atoms with Crippen LogP contribution in [0.2, 0.25) is 0 Å². The van der Waals surface area contributed by atoms with Crippen molar-refractivity contribution in [3.8, 4) is 0 Å². The fourth-order valence-electron chi connectivity index (χ4n) is 3.92. The van der Waals surface area contributed by atoms with Gasteiger partial charge in [0.2, 0.25) is 0 Å². The number of aromatic nitrogens is 3. The summed E-state index contributed by atoms with van der Waals surface area (Å²) >= 11 is 0. The van der Waals surface area contributed by atoms with E-state index in [0.29, 0.717) is 11.6 Å². The van der Waals surface area contributed by atoms with E-state index in [1.165, 1.54) is 5.56 Å². The van der Waals surface area contributed by atoms with Crippen LogP contribution in [0.3, 0.4) is 0 Å². The first-order valence-electron chi connectivity index (χ1n) is 9.17. The molecule has 1 fully saturated rings. The number of nitrogens with one attached hydrogen (secondary N) is 2. The second-order valence-electron chi connectivity index (χ2n) is 7.29. The van der Waals surface area contributed by atoms with Crippen LogP contribution in [-0.2, 0) is 12.8 Å². The highest BCUT2D eigenvalue weighted by molar-refractivity contribution is 5.97. The van der Waals surface area contributed by atoms with Crippen LogP contribution in [0.5, 0.6) is 0 Å². The predicted molar refractivity (Wildman–Crippen MR) is 98.3 cm³/mol. The van der Waals surface area contributed by atoms with E-state index in [9.17, 15) is 9.59 Å². The Morgan fingerprint density at radius 1 is 1.23 bits per heavy atom. The van der Waals surface area contributed by atoms with Gasteiger partial charge in [-0.3, -0.25) is 14.3 Å². The number of aryl methyl sites for hydroxylation is 1. The Morgan fingerprint density at radius 2 is 2.12 bits per heavy atom. The van der Waals surface area contributed by atoms with Gasteiger partial charge >= 0.3 is 5.69 Å². The third-order valence-electron chi connectivity index (χ3n) is 5.41. The molecule has 1 atom stereocenters. The Hall–Kier alpha value is -2.89. The number of hydrogen-bond donors (Lipinski definition) is 2. The number of pyridine rings is 1. The smallest absolute Gasteiger partial charge is 0.326 e. The summed E-state index contributed by atoms with van der Waals surface area (Å²) in [5.41, 5.74) is 4.46. The summed E-state index contributed by atoms with van der Waals surface area (Å²) in [5.74, 6) is -0.0933. The van der Waals surface area contributed by atoms with Crippen LogP contribution in [0, 0.1) is 0 Å². The minimum absolute atomic E-state index is 0.0866. The average Bonchev–Trinajstić information content (AvgIpc) is 3.43. The number of nitrogens with zero attached hydrogens (tertiary/aromatic N) is 2. The van der Waals surface area contributed by atoms with Crippen molar-refractivity contribution < 1.29 is 4.79 Å². The minimum atomic E-state index is -0.0933. The van der Waals surface area contributed by atoms with Crippen molar-refractivity contribution in [2.45, 2.75) is 44.2 Å². The standard InChI is InChI=1S/C20H20N4O2/c25-19(22-14-4-7-16-12(10-14)2-1-9-21-16)13-3-8-18-17(11-13)23-20(26)24(18)15-5-6-15/h1-3,8-9,11,14-15H,4-7,10H2,(H,22,25)(H,23,26). The van der Waals surface area contributed by atoms with Crippen molar-refractivity contribution in [1.82, 2.24) is 19.9 Å². The Labute approximate surface area is 150 Å². The van der Waals surface area contributed by atoms with Crippen molar-refractivity contribution in [3.63, 3.8) is 0 Å². The van der Waals surface area contributed by atoms with Gasteiger partial charge in [-0.2, -0.15) is 0 Å². The number of rotatable bonds is 3. The number of aromatic amines is 1. The van der Waals surface area contributed by atoms with Crippen LogP contribution in [-0.4, -0.2) is 26.5 Å². The summed E-state index contributed by atoms with van der Waals surface area (Å²) in [6.07, 6.45) is 6.51. The molecule has 3 aromatic rings. The topological polar surface area (TPSA) is 79.8 Å². The lowest BCUT2D eigenvalue weighted by molar-refractivity contribution is 0.0933. The summed E-state index contributed by atoms with van der Waals surface area (Å²) in [4.78, 5) is 32.1. The summed E-state index contributed by atoms with van der Waals surface area (Å²) < 4.78 is 1.81. The van der Waals surface area contributed by atoms with Gasteiger partial charge in [-0.15, -0.1) is 0 Å². The lowest BCUT2D eigenvalue weighted by Gasteiger charge is -2.24. The lowest BCUT2D eigenvalue weighted by atomic mass is 9.91. The van der Waals surface area contributed by atoms with Gasteiger partial charge < -0.3 is 10.3 Å². The van der Waals surface area contributed by atoms with Crippen molar-refractivity contribution in [2.24, 2.45) is 0 Å². The molecule has 1 saturated carbocycles. The predicted octanol–water partition coefficient (Wildman–Crippen LogP) is 2.35. The number of benzene rings is 1. The van der Waals surface area contributed by atoms with Crippen LogP contribution in [0.4, 0.5) is 0 Å². The Balaban J connectivity index is 1.37. The molecule has 6 nitrogen and oxygen atoms in total. The number of carbonyl (C=O) groups is 1. The summed E-state index contributed by atoms with van der Waals surface area (Å²) in [6.45, 7) is 0. The molecular weight excluding hydrogens is 328 g/mol. The maximum Gasteiger partial charge on any atom is 0.326 e. The quantitative estimate of drug-likeness (QED) is 0.762. The number of amides is 1. The molecule has 0 radical (unpaired) electrons. The Bertz CT molecular complexity index is 1060. The normalized spacial score (nSPS) is 19.3. The van der Waals surface area contributed by atoms with E-state index in [2.05, 4.69) is 21.4 Å². The molecule has 1 amide bonds. The highest BCUT2D eigenvalue weighted by Gasteiger charge is 2.27. The molecule has 5 rings (SSSR count). The van der Waals surface area contributed by atoms with Gasteiger partial charge in [0.15, 0.2) is 0 Å².